The van der Waals surface area contributed by atoms with Crippen LogP contribution in [0.4, 0.5) is 0 Å². The number of carbonyl (C=O) groups excluding carboxylic acids is 1. The highest BCUT2D eigenvalue weighted by molar-refractivity contribution is 5.73. The lowest BCUT2D eigenvalue weighted by molar-refractivity contribution is -0.159. The van der Waals surface area contributed by atoms with Crippen molar-refractivity contribution >= 4 is 11.9 Å². The molecule has 0 aliphatic heterocycles. The molecule has 0 heterocycles. The Bertz CT molecular complexity index is 793. The number of carbonyl (C=O) groups is 2. The molecule has 6 nitrogen and oxygen atoms in total. The van der Waals surface area contributed by atoms with E-state index in [-0.39, 0.29) is 18.0 Å². The smallest absolute Gasteiger partial charge is 0.313 e. The zero-order valence-corrected chi connectivity index (χ0v) is 24.0. The molecule has 4 aliphatic carbocycles. The van der Waals surface area contributed by atoms with E-state index < -0.39 is 5.97 Å². The molecule has 0 unspecified atom stereocenters. The van der Waals surface area contributed by atoms with Crippen LogP contribution in [0.25, 0.3) is 0 Å². The summed E-state index contributed by atoms with van der Waals surface area (Å²) in [7, 11) is 3.23. The summed E-state index contributed by atoms with van der Waals surface area (Å²) in [5, 5.41) is 9.23. The molecule has 0 saturated heterocycles. The molecule has 2 bridgehead atoms. The fourth-order valence-corrected chi connectivity index (χ4v) is 9.85. The fraction of sp³-hybridized carbons (Fsp3) is 0.935. The summed E-state index contributed by atoms with van der Waals surface area (Å²) < 4.78 is 16.6. The summed E-state index contributed by atoms with van der Waals surface area (Å²) >= 11 is 0. The molecule has 212 valence electrons. The molecule has 0 aromatic heterocycles. The third-order valence-electron chi connectivity index (χ3n) is 11.6. The van der Waals surface area contributed by atoms with Gasteiger partial charge in [0.05, 0.1) is 13.2 Å². The number of rotatable bonds is 10. The Hall–Kier alpha value is -1.14. The third kappa shape index (κ3) is 6.05. The highest BCUT2D eigenvalue weighted by Gasteiger charge is 2.58. The van der Waals surface area contributed by atoms with Crippen molar-refractivity contribution in [2.75, 3.05) is 27.4 Å². The molecular formula is C31H52O6. The van der Waals surface area contributed by atoms with Crippen LogP contribution in [-0.2, 0) is 23.8 Å². The maximum atomic E-state index is 12.9. The molecule has 4 aliphatic rings. The molecule has 37 heavy (non-hydrogen) atoms. The van der Waals surface area contributed by atoms with Gasteiger partial charge in [-0.25, -0.2) is 0 Å². The Kier molecular flexibility index (Phi) is 9.31. The number of fused-ring (bicyclic) bond motifs is 6. The van der Waals surface area contributed by atoms with Crippen molar-refractivity contribution in [3.8, 4) is 0 Å². The number of hydrogen-bond donors (Lipinski definition) is 1. The van der Waals surface area contributed by atoms with Crippen LogP contribution in [-0.4, -0.2) is 50.6 Å². The van der Waals surface area contributed by atoms with Crippen LogP contribution in [0.5, 0.6) is 0 Å². The molecule has 6 heteroatoms. The summed E-state index contributed by atoms with van der Waals surface area (Å²) in [4.78, 5) is 24.1. The average Bonchev–Trinajstić information content (AvgIpc) is 3.03. The predicted molar refractivity (Wildman–Crippen MR) is 143 cm³/mol. The summed E-state index contributed by atoms with van der Waals surface area (Å²) in [6.45, 7) is 8.08. The first-order valence-electron chi connectivity index (χ1n) is 15.0. The van der Waals surface area contributed by atoms with Gasteiger partial charge in [-0.05, 0) is 111 Å². The van der Waals surface area contributed by atoms with Crippen LogP contribution < -0.4 is 0 Å². The minimum absolute atomic E-state index is 0.00638. The molecule has 4 fully saturated rings. The van der Waals surface area contributed by atoms with Gasteiger partial charge in [0.15, 0.2) is 0 Å². The van der Waals surface area contributed by atoms with Crippen molar-refractivity contribution in [2.24, 2.45) is 52.3 Å². The van der Waals surface area contributed by atoms with Gasteiger partial charge >= 0.3 is 11.9 Å². The molecular weight excluding hydrogens is 468 g/mol. The fourth-order valence-electron chi connectivity index (χ4n) is 9.85. The second-order valence-electron chi connectivity index (χ2n) is 13.8. The van der Waals surface area contributed by atoms with Gasteiger partial charge in [0.25, 0.3) is 0 Å². The van der Waals surface area contributed by atoms with Crippen molar-refractivity contribution in [1.82, 2.24) is 0 Å². The second kappa shape index (κ2) is 11.9. The molecule has 4 saturated carbocycles. The zero-order valence-electron chi connectivity index (χ0n) is 24.0. The normalized spacial score (nSPS) is 40.3. The molecule has 1 N–H and O–H groups in total. The zero-order chi connectivity index (χ0) is 26.8. The highest BCUT2D eigenvalue weighted by atomic mass is 16.6. The highest BCUT2D eigenvalue weighted by Crippen LogP contribution is 2.66. The first kappa shape index (κ1) is 28.9. The van der Waals surface area contributed by atoms with Crippen molar-refractivity contribution in [3.63, 3.8) is 0 Å². The molecule has 0 aromatic carbocycles. The number of aliphatic carboxylic acids is 1. The van der Waals surface area contributed by atoms with E-state index >= 15 is 0 Å². The Morgan fingerprint density at radius 2 is 1.68 bits per heavy atom. The predicted octanol–water partition coefficient (Wildman–Crippen LogP) is 6.36. The van der Waals surface area contributed by atoms with E-state index in [9.17, 15) is 14.7 Å². The maximum absolute atomic E-state index is 12.9. The number of ether oxygens (including phenoxy) is 3. The average molecular weight is 521 g/mol. The van der Waals surface area contributed by atoms with Gasteiger partial charge in [-0.2, -0.15) is 0 Å². The van der Waals surface area contributed by atoms with Crippen molar-refractivity contribution in [1.29, 1.82) is 0 Å². The number of hydrogen-bond acceptors (Lipinski definition) is 5. The Morgan fingerprint density at radius 3 is 2.35 bits per heavy atom. The summed E-state index contributed by atoms with van der Waals surface area (Å²) in [5.41, 5.74) is 0.680. The Labute approximate surface area is 224 Å². The number of carboxylic acids is 1. The second-order valence-corrected chi connectivity index (χ2v) is 13.8. The lowest BCUT2D eigenvalue weighted by Gasteiger charge is -2.54. The van der Waals surface area contributed by atoms with Gasteiger partial charge in [-0.15, -0.1) is 0 Å². The van der Waals surface area contributed by atoms with Gasteiger partial charge in [0.2, 0.25) is 0 Å². The van der Waals surface area contributed by atoms with Gasteiger partial charge in [-0.1, -0.05) is 27.2 Å². The van der Waals surface area contributed by atoms with Gasteiger partial charge in [0.1, 0.15) is 12.0 Å². The van der Waals surface area contributed by atoms with Crippen molar-refractivity contribution < 1.29 is 28.9 Å². The first-order chi connectivity index (χ1) is 17.6. The minimum Gasteiger partial charge on any atom is -0.481 e. The Morgan fingerprint density at radius 1 is 0.946 bits per heavy atom. The van der Waals surface area contributed by atoms with Crippen LogP contribution in [0.1, 0.15) is 97.8 Å². The van der Waals surface area contributed by atoms with Crippen LogP contribution in [0.3, 0.4) is 0 Å². The van der Waals surface area contributed by atoms with Gasteiger partial charge in [0, 0.05) is 20.6 Å². The van der Waals surface area contributed by atoms with E-state index in [2.05, 4.69) is 20.8 Å². The lowest BCUT2D eigenvalue weighted by atomic mass is 9.51. The molecule has 9 atom stereocenters. The van der Waals surface area contributed by atoms with Crippen LogP contribution in [0.2, 0.25) is 0 Å². The number of carboxylic acid groups (broad SMARTS) is 1. The van der Waals surface area contributed by atoms with E-state index in [1.807, 2.05) is 0 Å². The summed E-state index contributed by atoms with van der Waals surface area (Å²) in [5.74, 6) is 2.90. The summed E-state index contributed by atoms with van der Waals surface area (Å²) in [6, 6.07) is 0. The van der Waals surface area contributed by atoms with Crippen molar-refractivity contribution in [3.05, 3.63) is 0 Å². The molecule has 0 spiro atoms. The van der Waals surface area contributed by atoms with Crippen molar-refractivity contribution in [2.45, 2.75) is 104 Å². The molecule has 0 radical (unpaired) electrons. The first-order valence-corrected chi connectivity index (χ1v) is 15.0. The summed E-state index contributed by atoms with van der Waals surface area (Å²) in [6.07, 6.45) is 13.2. The van der Waals surface area contributed by atoms with E-state index in [1.54, 1.807) is 14.2 Å². The van der Waals surface area contributed by atoms with Crippen LogP contribution in [0, 0.1) is 52.3 Å². The molecule has 0 aromatic rings. The van der Waals surface area contributed by atoms with Crippen LogP contribution in [0.15, 0.2) is 0 Å². The standard InChI is InChI=1S/C31H52O6/c1-20(6-11-28(32)33)25-9-10-27-24-8-7-21-16-23(37-29(34)22(18-35-4)19-36-5)12-14-30(2,17-21)26(24)13-15-31(25,27)3/h20-27H,6-19H2,1-5H3,(H,32,33)/t20-,21+,23+,24-,25-,26+,27+,30+,31-/m1/s1. The lowest BCUT2D eigenvalue weighted by Crippen LogP contribution is -2.46. The maximum Gasteiger partial charge on any atom is 0.313 e. The number of methoxy groups -OCH3 is 2. The molecule has 4 rings (SSSR count). The minimum atomic E-state index is -0.660. The molecule has 0 amide bonds. The topological polar surface area (TPSA) is 82.1 Å². The van der Waals surface area contributed by atoms with Gasteiger partial charge in [-0.3, -0.25) is 9.59 Å². The van der Waals surface area contributed by atoms with E-state index in [1.165, 1.54) is 44.9 Å². The Balaban J connectivity index is 1.44. The van der Waals surface area contributed by atoms with Gasteiger partial charge < -0.3 is 19.3 Å². The SMILES string of the molecule is COCC(COC)C(=O)O[C@H]1CC[C@@]2(C)C[C@@H](CC[C@@H]3[C@@H]2CC[C@]2(C)[C@@H]([C@H](C)CCC(=O)O)CC[C@@H]32)C1. The monoisotopic (exact) mass is 520 g/mol. The van der Waals surface area contributed by atoms with E-state index in [0.717, 1.165) is 43.4 Å². The largest absolute Gasteiger partial charge is 0.481 e. The van der Waals surface area contributed by atoms with E-state index in [0.29, 0.717) is 48.2 Å². The quantitative estimate of drug-likeness (QED) is 0.338. The number of esters is 1. The third-order valence-corrected chi connectivity index (χ3v) is 11.6. The van der Waals surface area contributed by atoms with Crippen LogP contribution >= 0.6 is 0 Å². The van der Waals surface area contributed by atoms with E-state index in [4.69, 9.17) is 14.2 Å².